The molecular formula is C16H23N3O5S. The molecule has 0 bridgehead atoms. The molecule has 0 amide bonds. The maximum Gasteiger partial charge on any atom is 0.293 e. The van der Waals surface area contributed by atoms with Gasteiger partial charge in [0.05, 0.1) is 18.1 Å². The van der Waals surface area contributed by atoms with E-state index in [1.807, 2.05) is 0 Å². The number of nitro groups is 1. The number of rotatable bonds is 5. The molecule has 2 saturated heterocycles. The van der Waals surface area contributed by atoms with Gasteiger partial charge in [-0.2, -0.15) is 4.31 Å². The number of sulfonamides is 1. The minimum absolute atomic E-state index is 0.261. The first-order chi connectivity index (χ1) is 11.9. The summed E-state index contributed by atoms with van der Waals surface area (Å²) in [7, 11) is -2.51. The van der Waals surface area contributed by atoms with E-state index >= 15 is 0 Å². The first-order valence-corrected chi connectivity index (χ1v) is 9.93. The van der Waals surface area contributed by atoms with Gasteiger partial charge in [0.25, 0.3) is 5.69 Å². The molecule has 9 heteroatoms. The fourth-order valence-electron chi connectivity index (χ4n) is 3.76. The Labute approximate surface area is 147 Å². The lowest BCUT2D eigenvalue weighted by atomic mass is 9.89. The summed E-state index contributed by atoms with van der Waals surface area (Å²) in [5.74, 6) is 0.733. The molecule has 1 aromatic carbocycles. The lowest BCUT2D eigenvalue weighted by molar-refractivity contribution is -0.387. The second-order valence-electron chi connectivity index (χ2n) is 6.54. The van der Waals surface area contributed by atoms with Crippen LogP contribution in [0.2, 0.25) is 0 Å². The van der Waals surface area contributed by atoms with E-state index in [1.54, 1.807) is 0 Å². The van der Waals surface area contributed by atoms with Crippen molar-refractivity contribution in [1.29, 1.82) is 0 Å². The fourth-order valence-corrected chi connectivity index (χ4v) is 5.36. The van der Waals surface area contributed by atoms with E-state index in [-0.39, 0.29) is 10.6 Å². The van der Waals surface area contributed by atoms with Crippen LogP contribution in [-0.2, 0) is 10.0 Å². The minimum atomic E-state index is -3.89. The molecule has 0 radical (unpaired) electrons. The van der Waals surface area contributed by atoms with E-state index in [0.29, 0.717) is 25.0 Å². The summed E-state index contributed by atoms with van der Waals surface area (Å²) < 4.78 is 32.1. The number of piperidine rings is 1. The molecule has 0 spiro atoms. The number of ether oxygens (including phenoxy) is 1. The summed E-state index contributed by atoms with van der Waals surface area (Å²) in [6.45, 7) is 1.82. The molecule has 138 valence electrons. The summed E-state index contributed by atoms with van der Waals surface area (Å²) >= 11 is 0. The van der Waals surface area contributed by atoms with Gasteiger partial charge in [-0.1, -0.05) is 0 Å². The van der Waals surface area contributed by atoms with E-state index < -0.39 is 20.6 Å². The average molecular weight is 369 g/mol. The van der Waals surface area contributed by atoms with Crippen LogP contribution < -0.4 is 10.1 Å². The highest BCUT2D eigenvalue weighted by Gasteiger charge is 2.36. The molecule has 1 atom stereocenters. The molecule has 2 aliphatic rings. The summed E-state index contributed by atoms with van der Waals surface area (Å²) in [4.78, 5) is 10.4. The summed E-state index contributed by atoms with van der Waals surface area (Å²) in [5, 5.41) is 14.8. The molecule has 0 saturated carbocycles. The number of hydrogen-bond donors (Lipinski definition) is 1. The van der Waals surface area contributed by atoms with E-state index in [4.69, 9.17) is 4.74 Å². The van der Waals surface area contributed by atoms with Crippen LogP contribution in [0.25, 0.3) is 0 Å². The van der Waals surface area contributed by atoms with Crippen molar-refractivity contribution in [2.45, 2.75) is 36.6 Å². The highest BCUT2D eigenvalue weighted by molar-refractivity contribution is 7.89. The maximum absolute atomic E-state index is 12.9. The molecule has 2 heterocycles. The normalized spacial score (nSPS) is 22.8. The third-order valence-corrected chi connectivity index (χ3v) is 7.09. The van der Waals surface area contributed by atoms with Gasteiger partial charge < -0.3 is 10.1 Å². The van der Waals surface area contributed by atoms with E-state index in [9.17, 15) is 18.5 Å². The first-order valence-electron chi connectivity index (χ1n) is 8.49. The number of nitrogens with one attached hydrogen (secondary N) is 1. The van der Waals surface area contributed by atoms with Crippen molar-refractivity contribution < 1.29 is 18.1 Å². The largest absolute Gasteiger partial charge is 0.497 e. The molecule has 0 aliphatic carbocycles. The Morgan fingerprint density at radius 2 is 2.00 bits per heavy atom. The summed E-state index contributed by atoms with van der Waals surface area (Å²) in [6.07, 6.45) is 3.87. The van der Waals surface area contributed by atoms with Crippen LogP contribution in [0.3, 0.4) is 0 Å². The molecule has 2 aliphatic heterocycles. The maximum atomic E-state index is 12.9. The van der Waals surface area contributed by atoms with Crippen LogP contribution in [-0.4, -0.2) is 50.4 Å². The van der Waals surface area contributed by atoms with E-state index in [0.717, 1.165) is 31.9 Å². The van der Waals surface area contributed by atoms with Crippen LogP contribution in [0.4, 0.5) is 5.69 Å². The van der Waals surface area contributed by atoms with Gasteiger partial charge in [0.1, 0.15) is 5.75 Å². The predicted octanol–water partition coefficient (Wildman–Crippen LogP) is 1.76. The van der Waals surface area contributed by atoms with Gasteiger partial charge in [-0.3, -0.25) is 10.1 Å². The zero-order valence-electron chi connectivity index (χ0n) is 14.2. The lowest BCUT2D eigenvalue weighted by Gasteiger charge is -2.34. The molecule has 1 unspecified atom stereocenters. The van der Waals surface area contributed by atoms with Crippen LogP contribution in [0.1, 0.15) is 25.7 Å². The number of nitro benzene ring substituents is 1. The Hall–Kier alpha value is -1.71. The Kier molecular flexibility index (Phi) is 5.26. The van der Waals surface area contributed by atoms with Crippen molar-refractivity contribution in [3.8, 4) is 5.75 Å². The zero-order valence-corrected chi connectivity index (χ0v) is 15.0. The van der Waals surface area contributed by atoms with Crippen molar-refractivity contribution >= 4 is 15.7 Å². The Bertz CT molecular complexity index is 738. The van der Waals surface area contributed by atoms with Crippen molar-refractivity contribution in [2.24, 2.45) is 5.92 Å². The predicted molar refractivity (Wildman–Crippen MR) is 92.2 cm³/mol. The third-order valence-electron chi connectivity index (χ3n) is 5.15. The Balaban J connectivity index is 1.79. The second kappa shape index (κ2) is 7.27. The highest BCUT2D eigenvalue weighted by Crippen LogP contribution is 2.33. The quantitative estimate of drug-likeness (QED) is 0.627. The number of methoxy groups -OCH3 is 1. The Morgan fingerprint density at radius 3 is 2.56 bits per heavy atom. The minimum Gasteiger partial charge on any atom is -0.497 e. The smallest absolute Gasteiger partial charge is 0.293 e. The molecule has 8 nitrogen and oxygen atoms in total. The SMILES string of the molecule is COc1ccc(S(=O)(=O)N2CCC(C3CCCN3)CC2)c([N+](=O)[O-])c1. The zero-order chi connectivity index (χ0) is 18.0. The molecule has 1 aromatic rings. The lowest BCUT2D eigenvalue weighted by Crippen LogP contribution is -2.43. The van der Waals surface area contributed by atoms with Crippen molar-refractivity contribution in [2.75, 3.05) is 26.7 Å². The number of benzene rings is 1. The molecule has 25 heavy (non-hydrogen) atoms. The van der Waals surface area contributed by atoms with Crippen LogP contribution >= 0.6 is 0 Å². The molecule has 1 N–H and O–H groups in total. The fraction of sp³-hybridized carbons (Fsp3) is 0.625. The second-order valence-corrected chi connectivity index (χ2v) is 8.44. The topological polar surface area (TPSA) is 102 Å². The van der Waals surface area contributed by atoms with Crippen LogP contribution in [0.5, 0.6) is 5.75 Å². The standard InChI is InChI=1S/C16H23N3O5S/c1-24-13-4-5-16(15(11-13)19(20)21)25(22,23)18-9-6-12(7-10-18)14-3-2-8-17-14/h4-5,11-12,14,17H,2-3,6-10H2,1H3. The third kappa shape index (κ3) is 3.63. The van der Waals surface area contributed by atoms with Gasteiger partial charge in [0.2, 0.25) is 10.0 Å². The Morgan fingerprint density at radius 1 is 1.28 bits per heavy atom. The molecule has 0 aromatic heterocycles. The van der Waals surface area contributed by atoms with Gasteiger partial charge in [-0.25, -0.2) is 8.42 Å². The summed E-state index contributed by atoms with van der Waals surface area (Å²) in [6, 6.07) is 4.33. The number of nitrogens with zero attached hydrogens (tertiary/aromatic N) is 2. The molecular weight excluding hydrogens is 346 g/mol. The van der Waals surface area contributed by atoms with Gasteiger partial charge in [-0.15, -0.1) is 0 Å². The molecule has 2 fully saturated rings. The van der Waals surface area contributed by atoms with Gasteiger partial charge in [-0.05, 0) is 50.3 Å². The van der Waals surface area contributed by atoms with E-state index in [2.05, 4.69) is 5.32 Å². The van der Waals surface area contributed by atoms with Gasteiger partial charge >= 0.3 is 0 Å². The van der Waals surface area contributed by atoms with Crippen molar-refractivity contribution in [1.82, 2.24) is 9.62 Å². The first kappa shape index (κ1) is 18.1. The van der Waals surface area contributed by atoms with Crippen LogP contribution in [0, 0.1) is 16.0 Å². The molecule has 3 rings (SSSR count). The highest BCUT2D eigenvalue weighted by atomic mass is 32.2. The van der Waals surface area contributed by atoms with Crippen molar-refractivity contribution in [3.05, 3.63) is 28.3 Å². The summed E-state index contributed by atoms with van der Waals surface area (Å²) in [5.41, 5.74) is -0.445. The number of hydrogen-bond acceptors (Lipinski definition) is 6. The van der Waals surface area contributed by atoms with Gasteiger partial charge in [0.15, 0.2) is 4.90 Å². The van der Waals surface area contributed by atoms with Crippen molar-refractivity contribution in [3.63, 3.8) is 0 Å². The van der Waals surface area contributed by atoms with E-state index in [1.165, 1.54) is 30.0 Å². The average Bonchev–Trinajstić information content (AvgIpc) is 3.16. The monoisotopic (exact) mass is 369 g/mol. The van der Waals surface area contributed by atoms with Gasteiger partial charge in [0, 0.05) is 19.1 Å². The van der Waals surface area contributed by atoms with Crippen LogP contribution in [0.15, 0.2) is 23.1 Å².